The number of carbonyl (C=O) groups excluding carboxylic acids is 1. The molecule has 1 fully saturated rings. The van der Waals surface area contributed by atoms with Gasteiger partial charge in [0, 0.05) is 29.5 Å². The van der Waals surface area contributed by atoms with Crippen molar-refractivity contribution in [3.8, 4) is 0 Å². The van der Waals surface area contributed by atoms with E-state index in [-0.39, 0.29) is 33.1 Å². The second-order valence-corrected chi connectivity index (χ2v) is 9.46. The van der Waals surface area contributed by atoms with E-state index in [0.717, 1.165) is 32.5 Å². The summed E-state index contributed by atoms with van der Waals surface area (Å²) in [4.78, 5) is 14.0. The first-order valence-electron chi connectivity index (χ1n) is 9.46. The topological polar surface area (TPSA) is 81.8 Å². The third-order valence-corrected chi connectivity index (χ3v) is 7.09. The highest BCUT2D eigenvalue weighted by Crippen LogP contribution is 2.32. The van der Waals surface area contributed by atoms with Crippen LogP contribution >= 0.6 is 23.2 Å². The van der Waals surface area contributed by atoms with Crippen LogP contribution in [-0.2, 0) is 10.0 Å². The largest absolute Gasteiger partial charge is 0.573 e. The minimum absolute atomic E-state index is 0.0131. The maximum Gasteiger partial charge on any atom is 0.251 e. The molecule has 1 aliphatic rings. The second-order valence-electron chi connectivity index (χ2n) is 7.04. The standard InChI is InChI=1S/C20H22Cl2N3O3S/c1-2-25-11-9-16(10-12-25)23-20(26)14-3-8-18(22)19(13-14)29(27,28)24-17-6-4-15(21)5-7-17/h3-8,13,16H,2,9-12H2,1H3,(H,23,26)/q-1/p+1. The van der Waals surface area contributed by atoms with Crippen LogP contribution in [0.4, 0.5) is 5.69 Å². The Kier molecular flexibility index (Phi) is 7.05. The molecule has 156 valence electrons. The number of piperidine rings is 1. The number of amides is 1. The maximum absolute atomic E-state index is 12.7. The Balaban J connectivity index is 1.75. The lowest BCUT2D eigenvalue weighted by molar-refractivity contribution is -0.903. The Morgan fingerprint density at radius 3 is 2.41 bits per heavy atom. The van der Waals surface area contributed by atoms with Gasteiger partial charge in [-0.3, -0.25) is 4.79 Å². The Labute approximate surface area is 181 Å². The van der Waals surface area contributed by atoms with E-state index in [9.17, 15) is 13.2 Å². The van der Waals surface area contributed by atoms with Gasteiger partial charge in [0.05, 0.1) is 29.6 Å². The number of benzene rings is 2. The summed E-state index contributed by atoms with van der Waals surface area (Å²) in [5, 5.41) is 3.49. The van der Waals surface area contributed by atoms with Gasteiger partial charge in [0.15, 0.2) is 0 Å². The molecule has 2 aromatic rings. The first-order valence-corrected chi connectivity index (χ1v) is 11.7. The van der Waals surface area contributed by atoms with Crippen LogP contribution in [0, 0.1) is 0 Å². The van der Waals surface area contributed by atoms with Crippen LogP contribution in [-0.4, -0.2) is 40.0 Å². The summed E-state index contributed by atoms with van der Waals surface area (Å²) < 4.78 is 29.2. The van der Waals surface area contributed by atoms with Crippen molar-refractivity contribution in [3.05, 3.63) is 62.8 Å². The molecule has 0 aromatic heterocycles. The zero-order valence-electron chi connectivity index (χ0n) is 16.0. The number of nitrogens with one attached hydrogen (secondary N) is 2. The molecule has 0 bridgehead atoms. The number of hydrogen-bond donors (Lipinski definition) is 2. The Morgan fingerprint density at radius 1 is 1.14 bits per heavy atom. The quantitative estimate of drug-likeness (QED) is 0.701. The summed E-state index contributed by atoms with van der Waals surface area (Å²) >= 11 is 11.9. The summed E-state index contributed by atoms with van der Waals surface area (Å²) in [5.41, 5.74) is 0.468. The van der Waals surface area contributed by atoms with Gasteiger partial charge in [0.25, 0.3) is 5.91 Å². The highest BCUT2D eigenvalue weighted by molar-refractivity contribution is 7.94. The van der Waals surface area contributed by atoms with Crippen molar-refractivity contribution in [2.75, 3.05) is 19.6 Å². The normalized spacial score (nSPS) is 19.6. The fourth-order valence-corrected chi connectivity index (χ4v) is 4.95. The number of quaternary nitrogens is 1. The minimum atomic E-state index is -4.09. The molecular formula is C20H23Cl2N3O3S. The molecule has 29 heavy (non-hydrogen) atoms. The zero-order chi connectivity index (χ0) is 21.0. The fraction of sp³-hybridized carbons (Fsp3) is 0.350. The number of nitrogens with zero attached hydrogens (tertiary/aromatic N) is 1. The van der Waals surface area contributed by atoms with Crippen LogP contribution in [0.5, 0.6) is 0 Å². The van der Waals surface area contributed by atoms with Crippen LogP contribution in [0.3, 0.4) is 0 Å². The van der Waals surface area contributed by atoms with Crippen molar-refractivity contribution >= 4 is 44.8 Å². The van der Waals surface area contributed by atoms with Gasteiger partial charge < -0.3 is 14.9 Å². The molecule has 2 N–H and O–H groups in total. The fourth-order valence-electron chi connectivity index (χ4n) is 3.32. The third-order valence-electron chi connectivity index (χ3n) is 5.05. The monoisotopic (exact) mass is 455 g/mol. The van der Waals surface area contributed by atoms with Gasteiger partial charge in [0.2, 0.25) is 0 Å². The molecule has 0 aliphatic carbocycles. The summed E-state index contributed by atoms with van der Waals surface area (Å²) in [5.74, 6) is -0.311. The van der Waals surface area contributed by atoms with Crippen molar-refractivity contribution in [1.29, 1.82) is 0 Å². The zero-order valence-corrected chi connectivity index (χ0v) is 18.3. The smallest absolute Gasteiger partial charge is 0.251 e. The molecule has 2 aromatic carbocycles. The molecule has 6 nitrogen and oxygen atoms in total. The van der Waals surface area contributed by atoms with E-state index < -0.39 is 10.0 Å². The second kappa shape index (κ2) is 9.34. The van der Waals surface area contributed by atoms with Crippen LogP contribution in [0.1, 0.15) is 30.1 Å². The first-order chi connectivity index (χ1) is 13.8. The predicted molar refractivity (Wildman–Crippen MR) is 115 cm³/mol. The molecule has 0 saturated carbocycles. The molecule has 1 amide bonds. The van der Waals surface area contributed by atoms with Gasteiger partial charge in [-0.05, 0) is 37.3 Å². The van der Waals surface area contributed by atoms with E-state index in [1.807, 2.05) is 0 Å². The molecule has 0 atom stereocenters. The Morgan fingerprint density at radius 2 is 1.79 bits per heavy atom. The van der Waals surface area contributed by atoms with Crippen molar-refractivity contribution in [2.24, 2.45) is 0 Å². The van der Waals surface area contributed by atoms with Gasteiger partial charge in [-0.2, -0.15) is 0 Å². The van der Waals surface area contributed by atoms with E-state index in [4.69, 9.17) is 23.2 Å². The van der Waals surface area contributed by atoms with E-state index in [1.54, 1.807) is 12.1 Å². The van der Waals surface area contributed by atoms with Crippen LogP contribution in [0.15, 0.2) is 47.4 Å². The molecule has 1 aliphatic heterocycles. The maximum atomic E-state index is 12.7. The van der Waals surface area contributed by atoms with Crippen LogP contribution in [0.2, 0.25) is 10.0 Å². The van der Waals surface area contributed by atoms with Gasteiger partial charge in [-0.1, -0.05) is 35.3 Å². The molecule has 0 radical (unpaired) electrons. The summed E-state index contributed by atoms with van der Waals surface area (Å²) in [6.45, 7) is 5.26. The summed E-state index contributed by atoms with van der Waals surface area (Å²) in [6.07, 6.45) is 1.80. The first kappa shape index (κ1) is 21.9. The van der Waals surface area contributed by atoms with E-state index in [2.05, 4.69) is 17.0 Å². The molecule has 0 unspecified atom stereocenters. The lowest BCUT2D eigenvalue weighted by Crippen LogP contribution is -3.13. The molecule has 9 heteroatoms. The SMILES string of the molecule is CC[NH+]1CCC(NC(=O)c2ccc(Cl)c(S(=O)(=O)[N-]c3ccc(Cl)cc3)c2)CC1. The average molecular weight is 456 g/mol. The highest BCUT2D eigenvalue weighted by Gasteiger charge is 2.23. The summed E-state index contributed by atoms with van der Waals surface area (Å²) in [6, 6.07) is 10.4. The molecule has 1 saturated heterocycles. The van der Waals surface area contributed by atoms with Crippen molar-refractivity contribution in [2.45, 2.75) is 30.7 Å². The van der Waals surface area contributed by atoms with E-state index in [1.165, 1.54) is 35.2 Å². The number of carbonyl (C=O) groups is 1. The average Bonchev–Trinajstić information content (AvgIpc) is 2.70. The van der Waals surface area contributed by atoms with Crippen LogP contribution < -0.4 is 10.2 Å². The highest BCUT2D eigenvalue weighted by atomic mass is 35.5. The number of halogens is 2. The van der Waals surface area contributed by atoms with Crippen molar-refractivity contribution < 1.29 is 18.1 Å². The molecule has 1 heterocycles. The predicted octanol–water partition coefficient (Wildman–Crippen LogP) is 3.18. The van der Waals surface area contributed by atoms with Gasteiger partial charge >= 0.3 is 0 Å². The Hall–Kier alpha value is -1.80. The lowest BCUT2D eigenvalue weighted by atomic mass is 10.0. The summed E-state index contributed by atoms with van der Waals surface area (Å²) in [7, 11) is -4.09. The molecule has 3 rings (SSSR count). The third kappa shape index (κ3) is 5.63. The van der Waals surface area contributed by atoms with Crippen molar-refractivity contribution in [1.82, 2.24) is 5.32 Å². The van der Waals surface area contributed by atoms with E-state index >= 15 is 0 Å². The van der Waals surface area contributed by atoms with Gasteiger partial charge in [-0.25, -0.2) is 8.42 Å². The minimum Gasteiger partial charge on any atom is -0.573 e. The van der Waals surface area contributed by atoms with E-state index in [0.29, 0.717) is 5.02 Å². The number of likely N-dealkylation sites (tertiary alicyclic amines) is 1. The Bertz CT molecular complexity index is 973. The molecule has 0 spiro atoms. The van der Waals surface area contributed by atoms with Gasteiger partial charge in [0.1, 0.15) is 10.0 Å². The number of hydrogen-bond acceptors (Lipinski definition) is 3. The number of sulfonamides is 1. The number of rotatable bonds is 6. The van der Waals surface area contributed by atoms with Crippen molar-refractivity contribution in [3.63, 3.8) is 0 Å². The van der Waals surface area contributed by atoms with Crippen LogP contribution in [0.25, 0.3) is 4.72 Å². The van der Waals surface area contributed by atoms with Gasteiger partial charge in [-0.15, -0.1) is 5.69 Å². The molecular weight excluding hydrogens is 433 g/mol. The lowest BCUT2D eigenvalue weighted by Gasteiger charge is -2.29.